The number of benzene rings is 1. The van der Waals surface area contributed by atoms with Crippen LogP contribution < -0.4 is 5.32 Å². The Morgan fingerprint density at radius 2 is 2.05 bits per heavy atom. The number of hydrogen-bond donors (Lipinski definition) is 1. The lowest BCUT2D eigenvalue weighted by Gasteiger charge is -2.40. The van der Waals surface area contributed by atoms with Crippen LogP contribution in [0.5, 0.6) is 0 Å². The van der Waals surface area contributed by atoms with Gasteiger partial charge in [0.1, 0.15) is 5.82 Å². The van der Waals surface area contributed by atoms with Crippen molar-refractivity contribution in [1.29, 1.82) is 0 Å². The monoisotopic (exact) mass is 278 g/mol. The molecular weight excluding hydrogens is 251 g/mol. The highest BCUT2D eigenvalue weighted by Crippen LogP contribution is 2.18. The second kappa shape index (κ2) is 7.75. The van der Waals surface area contributed by atoms with E-state index < -0.39 is 0 Å². The summed E-state index contributed by atoms with van der Waals surface area (Å²) < 4.78 is 13.3. The van der Waals surface area contributed by atoms with Gasteiger partial charge in [-0.15, -0.1) is 0 Å². The summed E-state index contributed by atoms with van der Waals surface area (Å²) in [6.45, 7) is 7.47. The normalized spacial score (nSPS) is 23.9. The zero-order chi connectivity index (χ0) is 14.4. The van der Waals surface area contributed by atoms with Crippen LogP contribution in [-0.2, 0) is 6.54 Å². The molecule has 112 valence electrons. The molecule has 1 fully saturated rings. The van der Waals surface area contributed by atoms with Crippen molar-refractivity contribution >= 4 is 0 Å². The van der Waals surface area contributed by atoms with Gasteiger partial charge in [-0.25, -0.2) is 4.39 Å². The SMILES string of the molecule is CCCC1CN(Cc2cccc(F)c2)C(CCC)CN1. The van der Waals surface area contributed by atoms with Gasteiger partial charge in [-0.05, 0) is 30.5 Å². The molecule has 1 saturated heterocycles. The summed E-state index contributed by atoms with van der Waals surface area (Å²) in [5.41, 5.74) is 1.09. The van der Waals surface area contributed by atoms with Crippen molar-refractivity contribution in [2.45, 2.75) is 58.2 Å². The average Bonchev–Trinajstić information content (AvgIpc) is 2.42. The zero-order valence-corrected chi connectivity index (χ0v) is 12.7. The summed E-state index contributed by atoms with van der Waals surface area (Å²) in [7, 11) is 0. The van der Waals surface area contributed by atoms with E-state index in [1.165, 1.54) is 31.7 Å². The number of rotatable bonds is 6. The minimum atomic E-state index is -0.130. The van der Waals surface area contributed by atoms with Crippen LogP contribution in [0.4, 0.5) is 4.39 Å². The van der Waals surface area contributed by atoms with Crippen LogP contribution in [0.2, 0.25) is 0 Å². The minimum Gasteiger partial charge on any atom is -0.311 e. The standard InChI is InChI=1S/C17H27FN2/c1-3-6-16-13-20(17(7-4-2)11-19-16)12-14-8-5-9-15(18)10-14/h5,8-10,16-17,19H,3-4,6-7,11-13H2,1-2H3. The maximum atomic E-state index is 13.3. The van der Waals surface area contributed by atoms with Gasteiger partial charge in [0.15, 0.2) is 0 Å². The molecule has 0 amide bonds. The highest BCUT2D eigenvalue weighted by molar-refractivity contribution is 5.16. The molecule has 1 aromatic rings. The fraction of sp³-hybridized carbons (Fsp3) is 0.647. The quantitative estimate of drug-likeness (QED) is 0.856. The van der Waals surface area contributed by atoms with Gasteiger partial charge in [-0.3, -0.25) is 4.90 Å². The van der Waals surface area contributed by atoms with Gasteiger partial charge < -0.3 is 5.32 Å². The van der Waals surface area contributed by atoms with Gasteiger partial charge in [-0.1, -0.05) is 38.8 Å². The molecule has 2 nitrogen and oxygen atoms in total. The van der Waals surface area contributed by atoms with Gasteiger partial charge in [0.05, 0.1) is 0 Å². The Morgan fingerprint density at radius 3 is 2.75 bits per heavy atom. The molecular formula is C17H27FN2. The van der Waals surface area contributed by atoms with Crippen LogP contribution in [0.25, 0.3) is 0 Å². The van der Waals surface area contributed by atoms with Crippen LogP contribution in [0.1, 0.15) is 45.1 Å². The lowest BCUT2D eigenvalue weighted by atomic mass is 10.0. The van der Waals surface area contributed by atoms with E-state index in [1.807, 2.05) is 12.1 Å². The van der Waals surface area contributed by atoms with Crippen molar-refractivity contribution in [3.05, 3.63) is 35.6 Å². The Morgan fingerprint density at radius 1 is 1.25 bits per heavy atom. The molecule has 1 aromatic carbocycles. The van der Waals surface area contributed by atoms with Gasteiger partial charge >= 0.3 is 0 Å². The van der Waals surface area contributed by atoms with Crippen LogP contribution in [0.3, 0.4) is 0 Å². The highest BCUT2D eigenvalue weighted by Gasteiger charge is 2.26. The summed E-state index contributed by atoms with van der Waals surface area (Å²) >= 11 is 0. The first kappa shape index (κ1) is 15.5. The van der Waals surface area contributed by atoms with E-state index in [2.05, 4.69) is 24.1 Å². The fourth-order valence-electron chi connectivity index (χ4n) is 3.15. The van der Waals surface area contributed by atoms with E-state index in [9.17, 15) is 4.39 Å². The predicted molar refractivity (Wildman–Crippen MR) is 82.2 cm³/mol. The third kappa shape index (κ3) is 4.29. The lowest BCUT2D eigenvalue weighted by Crippen LogP contribution is -2.55. The lowest BCUT2D eigenvalue weighted by molar-refractivity contribution is 0.111. The Kier molecular flexibility index (Phi) is 5.99. The molecule has 0 aliphatic carbocycles. The van der Waals surface area contributed by atoms with Crippen molar-refractivity contribution in [3.63, 3.8) is 0 Å². The second-order valence-electron chi connectivity index (χ2n) is 5.90. The molecule has 0 saturated carbocycles. The topological polar surface area (TPSA) is 15.3 Å². The van der Waals surface area contributed by atoms with Crippen LogP contribution in [0, 0.1) is 5.82 Å². The highest BCUT2D eigenvalue weighted by atomic mass is 19.1. The van der Waals surface area contributed by atoms with E-state index in [-0.39, 0.29) is 5.82 Å². The second-order valence-corrected chi connectivity index (χ2v) is 5.90. The number of nitrogens with zero attached hydrogens (tertiary/aromatic N) is 1. The summed E-state index contributed by atoms with van der Waals surface area (Å²) in [6, 6.07) is 8.19. The third-order valence-electron chi connectivity index (χ3n) is 4.15. The molecule has 2 unspecified atom stereocenters. The van der Waals surface area contributed by atoms with Gasteiger partial charge in [0.25, 0.3) is 0 Å². The maximum absolute atomic E-state index is 13.3. The molecule has 1 aliphatic rings. The zero-order valence-electron chi connectivity index (χ0n) is 12.7. The average molecular weight is 278 g/mol. The Hall–Kier alpha value is -0.930. The van der Waals surface area contributed by atoms with Gasteiger partial charge in [-0.2, -0.15) is 0 Å². The first-order valence-corrected chi connectivity index (χ1v) is 7.94. The molecule has 3 heteroatoms. The van der Waals surface area contributed by atoms with Crippen molar-refractivity contribution in [3.8, 4) is 0 Å². The molecule has 0 bridgehead atoms. The van der Waals surface area contributed by atoms with E-state index in [4.69, 9.17) is 0 Å². The number of hydrogen-bond acceptors (Lipinski definition) is 2. The molecule has 1 aliphatic heterocycles. The maximum Gasteiger partial charge on any atom is 0.123 e. The molecule has 0 aromatic heterocycles. The van der Waals surface area contributed by atoms with Gasteiger partial charge in [0.2, 0.25) is 0 Å². The first-order chi connectivity index (χ1) is 9.72. The number of nitrogens with one attached hydrogen (secondary N) is 1. The molecule has 0 spiro atoms. The van der Waals surface area contributed by atoms with E-state index >= 15 is 0 Å². The largest absolute Gasteiger partial charge is 0.311 e. The fourth-order valence-corrected chi connectivity index (χ4v) is 3.15. The predicted octanol–water partition coefficient (Wildman–Crippen LogP) is 3.57. The summed E-state index contributed by atoms with van der Waals surface area (Å²) in [5, 5.41) is 3.67. The molecule has 20 heavy (non-hydrogen) atoms. The molecule has 1 heterocycles. The summed E-state index contributed by atoms with van der Waals surface area (Å²) in [5.74, 6) is -0.130. The van der Waals surface area contributed by atoms with Crippen molar-refractivity contribution in [2.75, 3.05) is 13.1 Å². The van der Waals surface area contributed by atoms with Gasteiger partial charge in [0, 0.05) is 31.7 Å². The molecule has 0 radical (unpaired) electrons. The van der Waals surface area contributed by atoms with Crippen molar-refractivity contribution in [2.24, 2.45) is 0 Å². The molecule has 2 atom stereocenters. The third-order valence-corrected chi connectivity index (χ3v) is 4.15. The summed E-state index contributed by atoms with van der Waals surface area (Å²) in [4.78, 5) is 2.54. The minimum absolute atomic E-state index is 0.130. The number of halogens is 1. The van der Waals surface area contributed by atoms with Crippen LogP contribution >= 0.6 is 0 Å². The Balaban J connectivity index is 2.02. The van der Waals surface area contributed by atoms with Crippen molar-refractivity contribution in [1.82, 2.24) is 10.2 Å². The van der Waals surface area contributed by atoms with Crippen LogP contribution in [-0.4, -0.2) is 30.1 Å². The summed E-state index contributed by atoms with van der Waals surface area (Å²) in [6.07, 6.45) is 4.84. The van der Waals surface area contributed by atoms with E-state index in [0.29, 0.717) is 12.1 Å². The van der Waals surface area contributed by atoms with E-state index in [1.54, 1.807) is 6.07 Å². The Labute approximate surface area is 122 Å². The first-order valence-electron chi connectivity index (χ1n) is 7.94. The number of piperazine rings is 1. The molecule has 1 N–H and O–H groups in total. The molecule has 2 rings (SSSR count). The van der Waals surface area contributed by atoms with Crippen molar-refractivity contribution < 1.29 is 4.39 Å². The van der Waals surface area contributed by atoms with E-state index in [0.717, 1.165) is 25.2 Å². The van der Waals surface area contributed by atoms with Crippen LogP contribution in [0.15, 0.2) is 24.3 Å². The smallest absolute Gasteiger partial charge is 0.123 e. The Bertz CT molecular complexity index is 408.